The summed E-state index contributed by atoms with van der Waals surface area (Å²) < 4.78 is 12.7. The lowest BCUT2D eigenvalue weighted by Crippen LogP contribution is -2.44. The van der Waals surface area contributed by atoms with Gasteiger partial charge in [-0.2, -0.15) is 0 Å². The summed E-state index contributed by atoms with van der Waals surface area (Å²) in [5.74, 6) is 0.464. The number of ether oxygens (including phenoxy) is 2. The number of hydrogen-bond donors (Lipinski definition) is 0. The van der Waals surface area contributed by atoms with Gasteiger partial charge in [0, 0.05) is 23.7 Å². The first-order chi connectivity index (χ1) is 17.4. The van der Waals surface area contributed by atoms with E-state index in [0.29, 0.717) is 41.8 Å². The quantitative estimate of drug-likeness (QED) is 0.262. The van der Waals surface area contributed by atoms with Crippen LogP contribution in [0.4, 0.5) is 4.79 Å². The molecule has 36 heavy (non-hydrogen) atoms. The molecule has 2 saturated heterocycles. The molecule has 0 radical (unpaired) electrons. The Morgan fingerprint density at radius 3 is 2.61 bits per heavy atom. The van der Waals surface area contributed by atoms with Crippen molar-refractivity contribution in [1.29, 1.82) is 0 Å². The Bertz CT molecular complexity index is 1200. The van der Waals surface area contributed by atoms with Crippen LogP contribution in [0.5, 0.6) is 11.5 Å². The van der Waals surface area contributed by atoms with Crippen LogP contribution in [0.3, 0.4) is 0 Å². The highest BCUT2D eigenvalue weighted by Crippen LogP contribution is 2.38. The zero-order valence-corrected chi connectivity index (χ0v) is 23.5. The van der Waals surface area contributed by atoms with E-state index >= 15 is 0 Å². The van der Waals surface area contributed by atoms with Crippen LogP contribution >= 0.6 is 46.0 Å². The van der Waals surface area contributed by atoms with Crippen LogP contribution in [0.15, 0.2) is 41.3 Å². The minimum absolute atomic E-state index is 0.188. The van der Waals surface area contributed by atoms with Crippen molar-refractivity contribution in [2.45, 2.75) is 32.8 Å². The van der Waals surface area contributed by atoms with Crippen LogP contribution in [-0.4, -0.2) is 53.1 Å². The molecule has 2 heterocycles. The van der Waals surface area contributed by atoms with Crippen molar-refractivity contribution in [3.63, 3.8) is 0 Å². The van der Waals surface area contributed by atoms with Crippen LogP contribution in [0.2, 0.25) is 5.02 Å². The van der Waals surface area contributed by atoms with E-state index in [0.717, 1.165) is 45.1 Å². The maximum atomic E-state index is 13.0. The Balaban J connectivity index is 1.51. The van der Waals surface area contributed by atoms with E-state index in [2.05, 4.69) is 22.6 Å². The lowest BCUT2D eigenvalue weighted by atomic mass is 10.1. The van der Waals surface area contributed by atoms with Gasteiger partial charge in [-0.25, -0.2) is 0 Å². The maximum Gasteiger partial charge on any atom is 0.294 e. The molecule has 190 valence electrons. The number of likely N-dealkylation sites (tertiary alicyclic amines) is 1. The molecule has 2 fully saturated rings. The second-order valence-corrected chi connectivity index (χ2v) is 10.9. The third-order valence-corrected chi connectivity index (χ3v) is 7.91. The summed E-state index contributed by atoms with van der Waals surface area (Å²) in [5, 5.41) is 0.188. The van der Waals surface area contributed by atoms with Crippen LogP contribution < -0.4 is 9.47 Å². The number of amides is 3. The summed E-state index contributed by atoms with van der Waals surface area (Å²) in [7, 11) is 0. The maximum absolute atomic E-state index is 13.0. The Kier molecular flexibility index (Phi) is 9.19. The molecule has 2 aliphatic rings. The van der Waals surface area contributed by atoms with Crippen molar-refractivity contribution in [3.8, 4) is 11.5 Å². The summed E-state index contributed by atoms with van der Waals surface area (Å²) in [6, 6.07) is 11.1. The van der Waals surface area contributed by atoms with E-state index in [9.17, 15) is 14.4 Å². The van der Waals surface area contributed by atoms with Crippen molar-refractivity contribution in [2.75, 3.05) is 26.2 Å². The summed E-state index contributed by atoms with van der Waals surface area (Å²) in [6.45, 7) is 3.71. The fraction of sp³-hybridized carbons (Fsp3) is 0.346. The van der Waals surface area contributed by atoms with Crippen molar-refractivity contribution in [3.05, 3.63) is 61.0 Å². The van der Waals surface area contributed by atoms with E-state index in [4.69, 9.17) is 21.1 Å². The molecule has 2 aromatic rings. The number of thioether (sulfide) groups is 1. The molecule has 2 aromatic carbocycles. The van der Waals surface area contributed by atoms with Gasteiger partial charge in [-0.05, 0) is 90.4 Å². The summed E-state index contributed by atoms with van der Waals surface area (Å²) in [4.78, 5) is 41.1. The third-order valence-electron chi connectivity index (χ3n) is 5.84. The van der Waals surface area contributed by atoms with Crippen molar-refractivity contribution in [1.82, 2.24) is 9.80 Å². The molecule has 0 spiro atoms. The minimum atomic E-state index is -0.456. The number of piperidine rings is 1. The number of nitrogens with zero attached hydrogens (tertiary/aromatic N) is 2. The van der Waals surface area contributed by atoms with Gasteiger partial charge in [-0.15, -0.1) is 0 Å². The van der Waals surface area contributed by atoms with Crippen LogP contribution in [0.1, 0.15) is 37.3 Å². The molecule has 4 rings (SSSR count). The Hall–Kier alpha value is -2.24. The fourth-order valence-corrected chi connectivity index (χ4v) is 5.82. The molecule has 0 bridgehead atoms. The van der Waals surface area contributed by atoms with Gasteiger partial charge in [-0.3, -0.25) is 19.3 Å². The van der Waals surface area contributed by atoms with Gasteiger partial charge in [0.15, 0.2) is 11.5 Å². The number of benzene rings is 2. The highest BCUT2D eigenvalue weighted by atomic mass is 127. The lowest BCUT2D eigenvalue weighted by molar-refractivity contribution is -0.136. The number of rotatable bonds is 8. The molecular weight excluding hydrogens is 615 g/mol. The summed E-state index contributed by atoms with van der Waals surface area (Å²) in [6.07, 6.45) is 4.65. The molecule has 0 unspecified atom stereocenters. The first-order valence-electron chi connectivity index (χ1n) is 11.7. The first kappa shape index (κ1) is 26.8. The Labute approximate surface area is 233 Å². The van der Waals surface area contributed by atoms with Gasteiger partial charge in [0.25, 0.3) is 11.1 Å². The Morgan fingerprint density at radius 2 is 1.89 bits per heavy atom. The van der Waals surface area contributed by atoms with Crippen molar-refractivity contribution in [2.24, 2.45) is 0 Å². The van der Waals surface area contributed by atoms with Crippen molar-refractivity contribution >= 4 is 69.1 Å². The second kappa shape index (κ2) is 12.3. The van der Waals surface area contributed by atoms with Gasteiger partial charge in [0.1, 0.15) is 13.2 Å². The zero-order chi connectivity index (χ0) is 25.7. The van der Waals surface area contributed by atoms with Crippen LogP contribution in [-0.2, 0) is 16.2 Å². The van der Waals surface area contributed by atoms with E-state index in [1.165, 1.54) is 0 Å². The molecule has 3 amide bonds. The van der Waals surface area contributed by atoms with E-state index in [1.807, 2.05) is 37.3 Å². The number of carbonyl (C=O) groups excluding carboxylic acids is 3. The fourth-order valence-electron chi connectivity index (χ4n) is 4.01. The van der Waals surface area contributed by atoms with E-state index in [-0.39, 0.29) is 24.0 Å². The van der Waals surface area contributed by atoms with Gasteiger partial charge in [0.05, 0.1) is 15.1 Å². The first-order valence-corrected chi connectivity index (χ1v) is 14.0. The molecule has 10 heteroatoms. The van der Waals surface area contributed by atoms with Crippen LogP contribution in [0.25, 0.3) is 6.08 Å². The van der Waals surface area contributed by atoms with Crippen molar-refractivity contribution < 1.29 is 23.9 Å². The second-order valence-electron chi connectivity index (χ2n) is 8.35. The standard InChI is InChI=1S/C26H26ClIN2O5S/c1-2-34-21-13-17(12-20(28)24(21)35-16-18-8-4-5-9-19(18)27)14-22-25(32)30(26(33)36-22)15-23(31)29-10-6-3-7-11-29/h4-5,8-9,12-14H,2-3,6-7,10-11,15-16H2,1H3/b22-14-. The summed E-state index contributed by atoms with van der Waals surface area (Å²) in [5.41, 5.74) is 1.55. The number of hydrogen-bond acceptors (Lipinski definition) is 6. The largest absolute Gasteiger partial charge is 0.490 e. The lowest BCUT2D eigenvalue weighted by Gasteiger charge is -2.27. The molecule has 0 atom stereocenters. The number of halogens is 2. The van der Waals surface area contributed by atoms with E-state index < -0.39 is 11.1 Å². The molecule has 0 N–H and O–H groups in total. The highest BCUT2D eigenvalue weighted by Gasteiger charge is 2.37. The average molecular weight is 641 g/mol. The predicted octanol–water partition coefficient (Wildman–Crippen LogP) is 5.97. The third kappa shape index (κ3) is 6.36. The zero-order valence-electron chi connectivity index (χ0n) is 19.8. The molecule has 7 nitrogen and oxygen atoms in total. The average Bonchev–Trinajstić information content (AvgIpc) is 3.12. The van der Waals surface area contributed by atoms with Gasteiger partial charge < -0.3 is 14.4 Å². The highest BCUT2D eigenvalue weighted by molar-refractivity contribution is 14.1. The molecule has 0 aromatic heterocycles. The van der Waals surface area contributed by atoms with E-state index in [1.54, 1.807) is 17.0 Å². The smallest absolute Gasteiger partial charge is 0.294 e. The molecule has 0 saturated carbocycles. The minimum Gasteiger partial charge on any atom is -0.490 e. The molecular formula is C26H26ClIN2O5S. The number of carbonyl (C=O) groups is 3. The topological polar surface area (TPSA) is 76.2 Å². The number of imide groups is 1. The van der Waals surface area contributed by atoms with Gasteiger partial charge in [0.2, 0.25) is 5.91 Å². The normalized spacial score (nSPS) is 17.1. The molecule has 0 aliphatic carbocycles. The molecule has 2 aliphatic heterocycles. The van der Waals surface area contributed by atoms with Gasteiger partial charge in [-0.1, -0.05) is 29.8 Å². The monoisotopic (exact) mass is 640 g/mol. The SMILES string of the molecule is CCOc1cc(/C=C2\SC(=O)N(CC(=O)N3CCCCC3)C2=O)cc(I)c1OCc1ccccc1Cl. The predicted molar refractivity (Wildman–Crippen MR) is 149 cm³/mol. The van der Waals surface area contributed by atoms with Crippen LogP contribution in [0, 0.1) is 3.57 Å². The summed E-state index contributed by atoms with van der Waals surface area (Å²) >= 11 is 9.25. The Morgan fingerprint density at radius 1 is 1.14 bits per heavy atom. The van der Waals surface area contributed by atoms with Gasteiger partial charge >= 0.3 is 0 Å².